The molecule has 0 aliphatic carbocycles. The number of hydrogen-bond acceptors (Lipinski definition) is 4. The zero-order valence-electron chi connectivity index (χ0n) is 9.13. The number of H-pyrrole nitrogens is 1. The van der Waals surface area contributed by atoms with E-state index in [9.17, 15) is 9.59 Å². The van der Waals surface area contributed by atoms with Gasteiger partial charge in [0.2, 0.25) is 0 Å². The number of rotatable bonds is 2. The molecule has 8 heteroatoms. The van der Waals surface area contributed by atoms with E-state index in [1.807, 2.05) is 0 Å². The number of nitrogens with one attached hydrogen (secondary N) is 1. The molecular formula is C10H8ClN5O2. The van der Waals surface area contributed by atoms with Crippen molar-refractivity contribution in [3.8, 4) is 11.8 Å². The maximum Gasteiger partial charge on any atom is 0.330 e. The topological polar surface area (TPSA) is 85.6 Å². The SMILES string of the molecule is O=c1cc(Cl)[nH]c(=O)n1CC#CCn1cncn1. The van der Waals surface area contributed by atoms with E-state index in [4.69, 9.17) is 11.6 Å². The van der Waals surface area contributed by atoms with Gasteiger partial charge in [0.1, 0.15) is 24.4 Å². The maximum atomic E-state index is 11.4. The smallest absolute Gasteiger partial charge is 0.298 e. The molecule has 2 aromatic heterocycles. The summed E-state index contributed by atoms with van der Waals surface area (Å²) in [6.07, 6.45) is 2.92. The molecule has 1 N–H and O–H groups in total. The van der Waals surface area contributed by atoms with Gasteiger partial charge in [-0.1, -0.05) is 23.4 Å². The zero-order valence-corrected chi connectivity index (χ0v) is 9.89. The van der Waals surface area contributed by atoms with Crippen molar-refractivity contribution >= 4 is 11.6 Å². The molecule has 0 fully saturated rings. The summed E-state index contributed by atoms with van der Waals surface area (Å²) in [5.41, 5.74) is -1.07. The van der Waals surface area contributed by atoms with Crippen LogP contribution in [-0.4, -0.2) is 24.3 Å². The molecule has 0 radical (unpaired) electrons. The van der Waals surface area contributed by atoms with E-state index in [-0.39, 0.29) is 11.7 Å². The molecule has 92 valence electrons. The van der Waals surface area contributed by atoms with Gasteiger partial charge in [-0.15, -0.1) is 0 Å². The summed E-state index contributed by atoms with van der Waals surface area (Å²) in [6.45, 7) is 0.347. The molecule has 0 saturated heterocycles. The average Bonchev–Trinajstić information content (AvgIpc) is 2.79. The largest absolute Gasteiger partial charge is 0.330 e. The molecule has 0 bridgehead atoms. The van der Waals surface area contributed by atoms with Gasteiger partial charge in [-0.2, -0.15) is 5.10 Å². The molecule has 0 aliphatic heterocycles. The molecule has 18 heavy (non-hydrogen) atoms. The fourth-order valence-corrected chi connectivity index (χ4v) is 1.40. The van der Waals surface area contributed by atoms with E-state index in [1.54, 1.807) is 0 Å². The van der Waals surface area contributed by atoms with Gasteiger partial charge in [0, 0.05) is 6.07 Å². The lowest BCUT2D eigenvalue weighted by atomic mass is 10.5. The van der Waals surface area contributed by atoms with E-state index < -0.39 is 11.2 Å². The Labute approximate surface area is 106 Å². The lowest BCUT2D eigenvalue weighted by Gasteiger charge is -1.98. The first-order valence-electron chi connectivity index (χ1n) is 4.94. The number of hydrogen-bond donors (Lipinski definition) is 1. The van der Waals surface area contributed by atoms with Crippen LogP contribution in [0.2, 0.25) is 5.15 Å². The Kier molecular flexibility index (Phi) is 3.60. The van der Waals surface area contributed by atoms with E-state index in [0.717, 1.165) is 10.6 Å². The van der Waals surface area contributed by atoms with Crippen molar-refractivity contribution in [1.82, 2.24) is 24.3 Å². The third-order valence-electron chi connectivity index (χ3n) is 2.06. The quantitative estimate of drug-likeness (QED) is 0.585. The predicted octanol–water partition coefficient (Wildman–Crippen LogP) is -0.515. The van der Waals surface area contributed by atoms with Crippen LogP contribution in [0.5, 0.6) is 0 Å². The number of aromatic amines is 1. The molecule has 0 amide bonds. The third kappa shape index (κ3) is 2.87. The van der Waals surface area contributed by atoms with Gasteiger partial charge >= 0.3 is 5.69 Å². The van der Waals surface area contributed by atoms with E-state index >= 15 is 0 Å². The zero-order chi connectivity index (χ0) is 13.0. The number of halogens is 1. The van der Waals surface area contributed by atoms with Crippen molar-refractivity contribution in [2.24, 2.45) is 0 Å². The van der Waals surface area contributed by atoms with Crippen LogP contribution in [0.15, 0.2) is 28.3 Å². The van der Waals surface area contributed by atoms with Gasteiger partial charge in [-0.3, -0.25) is 9.78 Å². The van der Waals surface area contributed by atoms with Crippen LogP contribution in [0.4, 0.5) is 0 Å². The molecule has 2 rings (SSSR count). The molecule has 0 aromatic carbocycles. The monoisotopic (exact) mass is 265 g/mol. The maximum absolute atomic E-state index is 11.4. The van der Waals surface area contributed by atoms with Crippen molar-refractivity contribution in [2.45, 2.75) is 13.1 Å². The highest BCUT2D eigenvalue weighted by atomic mass is 35.5. The van der Waals surface area contributed by atoms with Gasteiger partial charge in [0.05, 0.1) is 6.54 Å². The summed E-state index contributed by atoms with van der Waals surface area (Å²) in [5.74, 6) is 5.47. The lowest BCUT2D eigenvalue weighted by Crippen LogP contribution is -2.34. The molecule has 0 saturated carbocycles. The number of nitrogens with zero attached hydrogens (tertiary/aromatic N) is 4. The van der Waals surface area contributed by atoms with Crippen LogP contribution in [0.1, 0.15) is 0 Å². The van der Waals surface area contributed by atoms with Crippen molar-refractivity contribution in [2.75, 3.05) is 0 Å². The second kappa shape index (κ2) is 5.33. The van der Waals surface area contributed by atoms with Crippen LogP contribution >= 0.6 is 11.6 Å². The highest BCUT2D eigenvalue weighted by Crippen LogP contribution is 1.93. The van der Waals surface area contributed by atoms with Gasteiger partial charge in [-0.05, 0) is 0 Å². The number of aromatic nitrogens is 5. The fraction of sp³-hybridized carbons (Fsp3) is 0.200. The Balaban J connectivity index is 2.10. The molecule has 0 spiro atoms. The van der Waals surface area contributed by atoms with E-state index in [2.05, 4.69) is 26.9 Å². The average molecular weight is 266 g/mol. The minimum Gasteiger partial charge on any atom is -0.298 e. The third-order valence-corrected chi connectivity index (χ3v) is 2.26. The van der Waals surface area contributed by atoms with E-state index in [1.165, 1.54) is 17.3 Å². The highest BCUT2D eigenvalue weighted by Gasteiger charge is 2.00. The minimum atomic E-state index is -0.581. The Bertz CT molecular complexity index is 673. The molecule has 7 nitrogen and oxygen atoms in total. The Morgan fingerprint density at radius 3 is 2.78 bits per heavy atom. The lowest BCUT2D eigenvalue weighted by molar-refractivity contribution is 0.705. The van der Waals surface area contributed by atoms with Crippen LogP contribution in [0.3, 0.4) is 0 Å². The van der Waals surface area contributed by atoms with Crippen LogP contribution in [0, 0.1) is 11.8 Å². The van der Waals surface area contributed by atoms with Crippen LogP contribution < -0.4 is 11.2 Å². The normalized spacial score (nSPS) is 9.83. The van der Waals surface area contributed by atoms with Crippen LogP contribution in [-0.2, 0) is 13.1 Å². The molecule has 2 heterocycles. The summed E-state index contributed by atoms with van der Waals surface area (Å²) < 4.78 is 2.49. The molecular weight excluding hydrogens is 258 g/mol. The Morgan fingerprint density at radius 2 is 2.11 bits per heavy atom. The van der Waals surface area contributed by atoms with Crippen molar-refractivity contribution in [3.63, 3.8) is 0 Å². The second-order valence-electron chi connectivity index (χ2n) is 3.29. The minimum absolute atomic E-state index is 0.0000324. The first-order valence-corrected chi connectivity index (χ1v) is 5.32. The van der Waals surface area contributed by atoms with Crippen molar-refractivity contribution < 1.29 is 0 Å². The Morgan fingerprint density at radius 1 is 1.33 bits per heavy atom. The molecule has 0 unspecified atom stereocenters. The van der Waals surface area contributed by atoms with Crippen molar-refractivity contribution in [3.05, 3.63) is 44.7 Å². The predicted molar refractivity (Wildman–Crippen MR) is 64.1 cm³/mol. The summed E-state index contributed by atoms with van der Waals surface area (Å²) in [4.78, 5) is 28.9. The summed E-state index contributed by atoms with van der Waals surface area (Å²) >= 11 is 5.53. The first kappa shape index (κ1) is 12.1. The van der Waals surface area contributed by atoms with E-state index in [0.29, 0.717) is 6.54 Å². The van der Waals surface area contributed by atoms with Crippen molar-refractivity contribution in [1.29, 1.82) is 0 Å². The highest BCUT2D eigenvalue weighted by molar-refractivity contribution is 6.29. The van der Waals surface area contributed by atoms with Gasteiger partial charge < -0.3 is 0 Å². The summed E-state index contributed by atoms with van der Waals surface area (Å²) in [5, 5.41) is 3.87. The van der Waals surface area contributed by atoms with Gasteiger partial charge in [0.25, 0.3) is 5.56 Å². The second-order valence-corrected chi connectivity index (χ2v) is 3.70. The fourth-order valence-electron chi connectivity index (χ4n) is 1.23. The molecule has 0 aliphatic rings. The molecule has 0 atom stereocenters. The first-order chi connectivity index (χ1) is 8.66. The molecule has 2 aromatic rings. The summed E-state index contributed by atoms with van der Waals surface area (Å²) in [7, 11) is 0. The standard InChI is InChI=1S/C10H8ClN5O2/c11-8-5-9(17)16(10(18)14-8)4-2-1-3-15-7-12-6-13-15/h5-7H,3-4H2,(H,14,18). The van der Waals surface area contributed by atoms with Gasteiger partial charge in [-0.25, -0.2) is 19.0 Å². The van der Waals surface area contributed by atoms with Crippen LogP contribution in [0.25, 0.3) is 0 Å². The Hall–Kier alpha value is -2.33. The summed E-state index contributed by atoms with van der Waals surface area (Å²) in [6, 6.07) is 1.13. The van der Waals surface area contributed by atoms with Gasteiger partial charge in [0.15, 0.2) is 0 Å².